The van der Waals surface area contributed by atoms with Crippen LogP contribution in [0.1, 0.15) is 11.3 Å². The van der Waals surface area contributed by atoms with Gasteiger partial charge in [0.25, 0.3) is 10.0 Å². The maximum absolute atomic E-state index is 12.9. The van der Waals surface area contributed by atoms with E-state index in [2.05, 4.69) is 19.8 Å². The number of aromatic nitrogens is 4. The van der Waals surface area contributed by atoms with E-state index in [9.17, 15) is 21.6 Å². The van der Waals surface area contributed by atoms with Crippen molar-refractivity contribution in [2.45, 2.75) is 18.0 Å². The lowest BCUT2D eigenvalue weighted by Crippen LogP contribution is -2.14. The molecular formula is C19H16F3N5O2S. The van der Waals surface area contributed by atoms with Crippen LogP contribution in [0.3, 0.4) is 0 Å². The number of halogens is 3. The Labute approximate surface area is 169 Å². The van der Waals surface area contributed by atoms with Crippen molar-refractivity contribution in [3.8, 4) is 11.4 Å². The number of benzene rings is 2. The molecule has 7 nitrogen and oxygen atoms in total. The van der Waals surface area contributed by atoms with Crippen LogP contribution in [0.5, 0.6) is 0 Å². The summed E-state index contributed by atoms with van der Waals surface area (Å²) in [7, 11) is -2.33. The molecule has 0 bridgehead atoms. The molecule has 0 unspecified atom stereocenters. The molecule has 4 aromatic rings. The second kappa shape index (κ2) is 6.87. The number of nitrogens with zero attached hydrogens (tertiary/aromatic N) is 3. The van der Waals surface area contributed by atoms with Gasteiger partial charge in [0.05, 0.1) is 32.7 Å². The zero-order valence-electron chi connectivity index (χ0n) is 15.8. The molecule has 0 amide bonds. The maximum atomic E-state index is 12.9. The first-order chi connectivity index (χ1) is 14.0. The number of sulfonamides is 1. The second-order valence-corrected chi connectivity index (χ2v) is 8.43. The van der Waals surface area contributed by atoms with Crippen molar-refractivity contribution in [1.29, 1.82) is 0 Å². The monoisotopic (exact) mass is 435 g/mol. The molecule has 0 aliphatic heterocycles. The lowest BCUT2D eigenvalue weighted by molar-refractivity contribution is -0.137. The molecule has 0 radical (unpaired) electrons. The van der Waals surface area contributed by atoms with Crippen molar-refractivity contribution in [3.63, 3.8) is 0 Å². The molecule has 0 fully saturated rings. The number of aryl methyl sites for hydroxylation is 2. The summed E-state index contributed by atoms with van der Waals surface area (Å²) >= 11 is 0. The average molecular weight is 435 g/mol. The van der Waals surface area contributed by atoms with Gasteiger partial charge in [0.1, 0.15) is 5.82 Å². The Morgan fingerprint density at radius 1 is 1.13 bits per heavy atom. The van der Waals surface area contributed by atoms with Crippen molar-refractivity contribution in [3.05, 3.63) is 59.9 Å². The molecule has 156 valence electrons. The first-order valence-electron chi connectivity index (χ1n) is 8.73. The molecule has 0 spiro atoms. The molecule has 2 heterocycles. The Morgan fingerprint density at radius 3 is 2.57 bits per heavy atom. The SMILES string of the molecule is Cc1nn(C)cc1-c1nc2ccc(S(=O)(=O)Nc3cccc(C(F)(F)F)c3)cc2[nH]1. The molecule has 30 heavy (non-hydrogen) atoms. The van der Waals surface area contributed by atoms with Gasteiger partial charge in [-0.1, -0.05) is 6.07 Å². The van der Waals surface area contributed by atoms with Gasteiger partial charge in [-0.05, 0) is 43.3 Å². The van der Waals surface area contributed by atoms with E-state index >= 15 is 0 Å². The fourth-order valence-electron chi connectivity index (χ4n) is 3.09. The average Bonchev–Trinajstić information content (AvgIpc) is 3.22. The molecule has 0 saturated carbocycles. The molecular weight excluding hydrogens is 419 g/mol. The summed E-state index contributed by atoms with van der Waals surface area (Å²) in [6.07, 6.45) is -2.78. The summed E-state index contributed by atoms with van der Waals surface area (Å²) in [6, 6.07) is 8.27. The number of hydrogen-bond donors (Lipinski definition) is 2. The maximum Gasteiger partial charge on any atom is 0.416 e. The highest BCUT2D eigenvalue weighted by Crippen LogP contribution is 2.31. The lowest BCUT2D eigenvalue weighted by Gasteiger charge is -2.11. The molecule has 0 atom stereocenters. The van der Waals surface area contributed by atoms with Gasteiger partial charge in [-0.25, -0.2) is 13.4 Å². The number of rotatable bonds is 4. The number of nitrogens with one attached hydrogen (secondary N) is 2. The Kier molecular flexibility index (Phi) is 4.57. The highest BCUT2D eigenvalue weighted by molar-refractivity contribution is 7.92. The smallest absolute Gasteiger partial charge is 0.338 e. The van der Waals surface area contributed by atoms with Crippen molar-refractivity contribution < 1.29 is 21.6 Å². The van der Waals surface area contributed by atoms with Gasteiger partial charge in [-0.3, -0.25) is 9.40 Å². The fraction of sp³-hybridized carbons (Fsp3) is 0.158. The first-order valence-corrected chi connectivity index (χ1v) is 10.2. The van der Waals surface area contributed by atoms with E-state index in [4.69, 9.17) is 0 Å². The van der Waals surface area contributed by atoms with Crippen LogP contribution in [0, 0.1) is 6.92 Å². The van der Waals surface area contributed by atoms with Crippen LogP contribution < -0.4 is 4.72 Å². The largest absolute Gasteiger partial charge is 0.416 e. The van der Waals surface area contributed by atoms with Crippen LogP contribution in [-0.2, 0) is 23.2 Å². The van der Waals surface area contributed by atoms with Crippen molar-refractivity contribution in [2.24, 2.45) is 7.05 Å². The van der Waals surface area contributed by atoms with Crippen LogP contribution in [0.2, 0.25) is 0 Å². The predicted molar refractivity (Wildman–Crippen MR) is 105 cm³/mol. The number of hydrogen-bond acceptors (Lipinski definition) is 4. The Morgan fingerprint density at radius 2 is 1.90 bits per heavy atom. The minimum atomic E-state index is -4.57. The molecule has 0 saturated heterocycles. The van der Waals surface area contributed by atoms with Gasteiger partial charge in [0, 0.05) is 18.9 Å². The predicted octanol–water partition coefficient (Wildman–Crippen LogP) is 4.09. The topological polar surface area (TPSA) is 92.7 Å². The summed E-state index contributed by atoms with van der Waals surface area (Å²) in [5, 5.41) is 4.26. The number of fused-ring (bicyclic) bond motifs is 1. The number of alkyl halides is 3. The normalized spacial score (nSPS) is 12.4. The summed E-state index contributed by atoms with van der Waals surface area (Å²) in [5.74, 6) is 0.538. The van der Waals surface area contributed by atoms with Crippen LogP contribution in [0.4, 0.5) is 18.9 Å². The highest BCUT2D eigenvalue weighted by Gasteiger charge is 2.30. The Balaban J connectivity index is 1.68. The number of aromatic amines is 1. The number of H-pyrrole nitrogens is 1. The second-order valence-electron chi connectivity index (χ2n) is 6.75. The molecule has 2 N–H and O–H groups in total. The number of imidazole rings is 1. The van der Waals surface area contributed by atoms with E-state index in [1.807, 2.05) is 6.92 Å². The zero-order valence-corrected chi connectivity index (χ0v) is 16.6. The van der Waals surface area contributed by atoms with Crippen molar-refractivity contribution in [1.82, 2.24) is 19.7 Å². The highest BCUT2D eigenvalue weighted by atomic mass is 32.2. The standard InChI is InChI=1S/C19H16F3N5O2S/c1-11-15(10-27(2)25-11)18-23-16-7-6-14(9-17(16)24-18)30(28,29)26-13-5-3-4-12(8-13)19(20,21)22/h3-10,26H,1-2H3,(H,23,24). The quantitative estimate of drug-likeness (QED) is 0.505. The third kappa shape index (κ3) is 3.75. The summed E-state index contributed by atoms with van der Waals surface area (Å²) in [6.45, 7) is 1.83. The van der Waals surface area contributed by atoms with Gasteiger partial charge in [-0.15, -0.1) is 0 Å². The van der Waals surface area contributed by atoms with E-state index in [-0.39, 0.29) is 10.6 Å². The van der Waals surface area contributed by atoms with E-state index in [1.165, 1.54) is 24.3 Å². The van der Waals surface area contributed by atoms with E-state index in [0.717, 1.165) is 29.5 Å². The fourth-order valence-corrected chi connectivity index (χ4v) is 4.16. The van der Waals surface area contributed by atoms with E-state index < -0.39 is 21.8 Å². The van der Waals surface area contributed by atoms with Crippen LogP contribution in [0.15, 0.2) is 53.6 Å². The third-order valence-electron chi connectivity index (χ3n) is 4.47. The lowest BCUT2D eigenvalue weighted by atomic mass is 10.2. The Hall–Kier alpha value is -3.34. The molecule has 0 aliphatic carbocycles. The molecule has 2 aromatic heterocycles. The van der Waals surface area contributed by atoms with Gasteiger partial charge >= 0.3 is 6.18 Å². The van der Waals surface area contributed by atoms with Gasteiger partial charge < -0.3 is 4.98 Å². The molecule has 4 rings (SSSR count). The first kappa shape index (κ1) is 20.0. The van der Waals surface area contributed by atoms with Crippen molar-refractivity contribution in [2.75, 3.05) is 4.72 Å². The van der Waals surface area contributed by atoms with Crippen LogP contribution in [-0.4, -0.2) is 28.2 Å². The third-order valence-corrected chi connectivity index (χ3v) is 5.85. The summed E-state index contributed by atoms with van der Waals surface area (Å²) in [4.78, 5) is 7.41. The number of anilines is 1. The van der Waals surface area contributed by atoms with Gasteiger partial charge in [0.2, 0.25) is 0 Å². The van der Waals surface area contributed by atoms with Gasteiger partial charge in [0.15, 0.2) is 0 Å². The minimum Gasteiger partial charge on any atom is -0.338 e. The molecule has 2 aromatic carbocycles. The molecule has 11 heteroatoms. The summed E-state index contributed by atoms with van der Waals surface area (Å²) < 4.78 is 67.9. The van der Waals surface area contributed by atoms with E-state index in [0.29, 0.717) is 16.9 Å². The van der Waals surface area contributed by atoms with E-state index in [1.54, 1.807) is 17.9 Å². The van der Waals surface area contributed by atoms with Crippen molar-refractivity contribution >= 4 is 26.7 Å². The van der Waals surface area contributed by atoms with Crippen LogP contribution >= 0.6 is 0 Å². The van der Waals surface area contributed by atoms with Crippen LogP contribution in [0.25, 0.3) is 22.4 Å². The molecule has 0 aliphatic rings. The minimum absolute atomic E-state index is 0.106. The zero-order chi connectivity index (χ0) is 21.7. The Bertz CT molecular complexity index is 1360. The summed E-state index contributed by atoms with van der Waals surface area (Å²) in [5.41, 5.74) is 1.44. The van der Waals surface area contributed by atoms with Gasteiger partial charge in [-0.2, -0.15) is 18.3 Å².